The van der Waals surface area contributed by atoms with Crippen molar-refractivity contribution in [2.75, 3.05) is 13.1 Å². The van der Waals surface area contributed by atoms with Gasteiger partial charge in [-0.3, -0.25) is 0 Å². The molecule has 1 aromatic carbocycles. The number of quaternary nitrogens is 1. The second-order valence-electron chi connectivity index (χ2n) is 4.98. The predicted molar refractivity (Wildman–Crippen MR) is 52.8 cm³/mol. The number of hydrogen-bond acceptors (Lipinski definition) is 0. The average Bonchev–Trinajstić information content (AvgIpc) is 2.80. The van der Waals surface area contributed by atoms with Gasteiger partial charge in [-0.2, -0.15) is 13.2 Å². The summed E-state index contributed by atoms with van der Waals surface area (Å²) in [5, 5.41) is 2.10. The maximum Gasteiger partial charge on any atom is 0.416 e. The van der Waals surface area contributed by atoms with Crippen LogP contribution in [0.3, 0.4) is 0 Å². The highest BCUT2D eigenvalue weighted by Gasteiger charge is 2.62. The average molecular weight is 246 g/mol. The fraction of sp³-hybridized carbons (Fsp3) is 0.500. The molecule has 1 heterocycles. The van der Waals surface area contributed by atoms with Gasteiger partial charge in [-0.1, -0.05) is 6.07 Å². The molecule has 2 fully saturated rings. The van der Waals surface area contributed by atoms with E-state index in [2.05, 4.69) is 5.32 Å². The van der Waals surface area contributed by atoms with Crippen LogP contribution in [0.15, 0.2) is 18.2 Å². The number of piperidine rings is 1. The summed E-state index contributed by atoms with van der Waals surface area (Å²) in [5.41, 5.74) is -0.632. The predicted octanol–water partition coefficient (Wildman–Crippen LogP) is 1.68. The standard InChI is InChI=1S/C12H11F4N/c13-10-3-7(12(14,15)16)1-2-9(10)11-4-8(11)5-17-6-11/h1-3,8,17H,4-6H2/p+1/t8-,11-/m0/s1. The van der Waals surface area contributed by atoms with Gasteiger partial charge in [-0.15, -0.1) is 0 Å². The number of benzene rings is 1. The Morgan fingerprint density at radius 2 is 2.06 bits per heavy atom. The molecule has 92 valence electrons. The number of halogens is 4. The van der Waals surface area contributed by atoms with Gasteiger partial charge >= 0.3 is 6.18 Å². The summed E-state index contributed by atoms with van der Waals surface area (Å²) >= 11 is 0. The van der Waals surface area contributed by atoms with Gasteiger partial charge < -0.3 is 5.32 Å². The van der Waals surface area contributed by atoms with E-state index >= 15 is 0 Å². The molecule has 2 atom stereocenters. The van der Waals surface area contributed by atoms with Crippen molar-refractivity contribution in [2.24, 2.45) is 5.92 Å². The quantitative estimate of drug-likeness (QED) is 0.726. The molecular weight excluding hydrogens is 234 g/mol. The fourth-order valence-electron chi connectivity index (χ4n) is 3.02. The lowest BCUT2D eigenvalue weighted by molar-refractivity contribution is -0.644. The molecular formula is C12H12F4N+. The molecule has 0 spiro atoms. The normalized spacial score (nSPS) is 31.4. The zero-order chi connectivity index (χ0) is 12.3. The van der Waals surface area contributed by atoms with Gasteiger partial charge in [0.25, 0.3) is 0 Å². The van der Waals surface area contributed by atoms with Crippen LogP contribution >= 0.6 is 0 Å². The van der Waals surface area contributed by atoms with Crippen molar-refractivity contribution in [3.8, 4) is 0 Å². The monoisotopic (exact) mass is 246 g/mol. The van der Waals surface area contributed by atoms with Crippen LogP contribution in [0.1, 0.15) is 17.5 Å². The lowest BCUT2D eigenvalue weighted by Gasteiger charge is -2.13. The molecule has 2 N–H and O–H groups in total. The van der Waals surface area contributed by atoms with Crippen LogP contribution < -0.4 is 5.32 Å². The van der Waals surface area contributed by atoms with E-state index < -0.39 is 17.6 Å². The van der Waals surface area contributed by atoms with Crippen molar-refractivity contribution in [3.63, 3.8) is 0 Å². The lowest BCUT2D eigenvalue weighted by Crippen LogP contribution is -2.83. The minimum Gasteiger partial charge on any atom is -0.345 e. The van der Waals surface area contributed by atoms with Crippen LogP contribution in [0.2, 0.25) is 0 Å². The molecule has 2 aliphatic rings. The Kier molecular flexibility index (Phi) is 2.09. The van der Waals surface area contributed by atoms with Crippen molar-refractivity contribution < 1.29 is 22.9 Å². The van der Waals surface area contributed by atoms with Crippen molar-refractivity contribution in [1.29, 1.82) is 0 Å². The van der Waals surface area contributed by atoms with E-state index in [4.69, 9.17) is 0 Å². The Hall–Kier alpha value is -1.10. The molecule has 0 bridgehead atoms. The van der Waals surface area contributed by atoms with E-state index in [9.17, 15) is 17.6 Å². The Bertz CT molecular complexity index is 468. The van der Waals surface area contributed by atoms with E-state index in [1.807, 2.05) is 0 Å². The van der Waals surface area contributed by atoms with Crippen molar-refractivity contribution in [1.82, 2.24) is 0 Å². The first-order valence-corrected chi connectivity index (χ1v) is 5.62. The molecule has 3 rings (SSSR count). The first-order valence-electron chi connectivity index (χ1n) is 5.62. The smallest absolute Gasteiger partial charge is 0.345 e. The van der Waals surface area contributed by atoms with E-state index in [0.29, 0.717) is 17.5 Å². The van der Waals surface area contributed by atoms with Gasteiger partial charge in [0.15, 0.2) is 0 Å². The van der Waals surface area contributed by atoms with Crippen molar-refractivity contribution >= 4 is 0 Å². The lowest BCUT2D eigenvalue weighted by atomic mass is 9.93. The van der Waals surface area contributed by atoms with Crippen LogP contribution in [-0.2, 0) is 11.6 Å². The van der Waals surface area contributed by atoms with Crippen LogP contribution in [0.5, 0.6) is 0 Å². The minimum absolute atomic E-state index is 0.186. The summed E-state index contributed by atoms with van der Waals surface area (Å²) in [7, 11) is 0. The van der Waals surface area contributed by atoms with E-state index in [1.165, 1.54) is 6.07 Å². The largest absolute Gasteiger partial charge is 0.416 e. The third-order valence-electron chi connectivity index (χ3n) is 4.02. The molecule has 0 amide bonds. The third kappa shape index (κ3) is 1.56. The molecule has 17 heavy (non-hydrogen) atoms. The summed E-state index contributed by atoms with van der Waals surface area (Å²) in [5.74, 6) is -0.272. The van der Waals surface area contributed by atoms with Gasteiger partial charge in [-0.25, -0.2) is 4.39 Å². The number of fused-ring (bicyclic) bond motifs is 1. The summed E-state index contributed by atoms with van der Waals surface area (Å²) in [6, 6.07) is 2.93. The molecule has 1 saturated heterocycles. The molecule has 1 aliphatic carbocycles. The van der Waals surface area contributed by atoms with E-state index in [1.54, 1.807) is 0 Å². The summed E-state index contributed by atoms with van der Waals surface area (Å²) < 4.78 is 51.0. The van der Waals surface area contributed by atoms with Gasteiger partial charge in [0.2, 0.25) is 0 Å². The zero-order valence-corrected chi connectivity index (χ0v) is 9.02. The summed E-state index contributed by atoms with van der Waals surface area (Å²) in [4.78, 5) is 0. The van der Waals surface area contributed by atoms with Crippen LogP contribution in [0.25, 0.3) is 0 Å². The summed E-state index contributed by atoms with van der Waals surface area (Å²) in [6.07, 6.45) is -3.56. The Morgan fingerprint density at radius 3 is 2.53 bits per heavy atom. The molecule has 5 heteroatoms. The van der Waals surface area contributed by atoms with E-state index in [0.717, 1.165) is 25.6 Å². The maximum absolute atomic E-state index is 13.8. The molecule has 1 aliphatic heterocycles. The highest BCUT2D eigenvalue weighted by atomic mass is 19.4. The van der Waals surface area contributed by atoms with E-state index in [-0.39, 0.29) is 5.41 Å². The number of hydrogen-bond donors (Lipinski definition) is 1. The Morgan fingerprint density at radius 1 is 1.29 bits per heavy atom. The first-order chi connectivity index (χ1) is 7.93. The van der Waals surface area contributed by atoms with Crippen LogP contribution in [0.4, 0.5) is 17.6 Å². The highest BCUT2D eigenvalue weighted by Crippen LogP contribution is 2.55. The Balaban J connectivity index is 1.98. The van der Waals surface area contributed by atoms with Gasteiger partial charge in [0.1, 0.15) is 5.82 Å². The molecule has 0 radical (unpaired) electrons. The fourth-order valence-corrected chi connectivity index (χ4v) is 3.02. The number of nitrogens with two attached hydrogens (primary N) is 1. The zero-order valence-electron chi connectivity index (χ0n) is 9.02. The van der Waals surface area contributed by atoms with Gasteiger partial charge in [0, 0.05) is 11.5 Å². The third-order valence-corrected chi connectivity index (χ3v) is 4.02. The maximum atomic E-state index is 13.8. The minimum atomic E-state index is -4.47. The number of alkyl halides is 3. The summed E-state index contributed by atoms with van der Waals surface area (Å²) in [6.45, 7) is 1.75. The second-order valence-corrected chi connectivity index (χ2v) is 4.98. The van der Waals surface area contributed by atoms with Gasteiger partial charge in [0.05, 0.1) is 24.1 Å². The molecule has 0 aromatic heterocycles. The first kappa shape index (κ1) is 11.0. The number of rotatable bonds is 1. The van der Waals surface area contributed by atoms with Gasteiger partial charge in [-0.05, 0) is 18.6 Å². The topological polar surface area (TPSA) is 16.6 Å². The Labute approximate surface area is 95.8 Å². The highest BCUT2D eigenvalue weighted by molar-refractivity contribution is 5.38. The molecule has 0 unspecified atom stereocenters. The molecule has 1 saturated carbocycles. The molecule has 1 aromatic rings. The van der Waals surface area contributed by atoms with Crippen molar-refractivity contribution in [3.05, 3.63) is 35.1 Å². The van der Waals surface area contributed by atoms with Crippen molar-refractivity contribution in [2.45, 2.75) is 18.0 Å². The SMILES string of the molecule is Fc1cc(C(F)(F)F)ccc1[C@@]12C[NH2+]C[C@@H]1C2. The van der Waals surface area contributed by atoms with Crippen LogP contribution in [0, 0.1) is 11.7 Å². The molecule has 1 nitrogen and oxygen atoms in total. The second kappa shape index (κ2) is 3.22. The van der Waals surface area contributed by atoms with Crippen LogP contribution in [-0.4, -0.2) is 13.1 Å².